The molecule has 1 unspecified atom stereocenters. The van der Waals surface area contributed by atoms with Crippen molar-refractivity contribution in [2.75, 3.05) is 19.6 Å². The van der Waals surface area contributed by atoms with Crippen molar-refractivity contribution >= 4 is 23.2 Å². The van der Waals surface area contributed by atoms with Crippen LogP contribution < -0.4 is 5.32 Å². The van der Waals surface area contributed by atoms with E-state index in [0.29, 0.717) is 17.6 Å². The molecule has 1 saturated heterocycles. The molecule has 0 aromatic heterocycles. The predicted molar refractivity (Wildman–Crippen MR) is 69.2 cm³/mol. The minimum absolute atomic E-state index is 0.0207. The number of nitrogens with one attached hydrogen (secondary N) is 1. The van der Waals surface area contributed by atoms with Gasteiger partial charge in [-0.05, 0) is 18.6 Å². The molecule has 0 radical (unpaired) electrons. The van der Waals surface area contributed by atoms with Gasteiger partial charge in [0.2, 0.25) is 0 Å². The second-order valence-corrected chi connectivity index (χ2v) is 5.18. The maximum Gasteiger partial charge on any atom is 0.143 e. The summed E-state index contributed by atoms with van der Waals surface area (Å²) >= 11 is 11.8. The first-order valence-corrected chi connectivity index (χ1v) is 6.41. The van der Waals surface area contributed by atoms with Crippen LogP contribution in [0.15, 0.2) is 12.1 Å². The second-order valence-electron chi connectivity index (χ2n) is 4.42. The van der Waals surface area contributed by atoms with E-state index < -0.39 is 5.82 Å². The van der Waals surface area contributed by atoms with E-state index in [1.807, 2.05) is 0 Å². The molecule has 0 aliphatic carbocycles. The Morgan fingerprint density at radius 1 is 1.41 bits per heavy atom. The summed E-state index contributed by atoms with van der Waals surface area (Å²) in [6.07, 6.45) is 0. The molecule has 1 N–H and O–H groups in total. The average molecular weight is 277 g/mol. The molecule has 1 aliphatic rings. The van der Waals surface area contributed by atoms with Crippen molar-refractivity contribution in [3.05, 3.63) is 33.6 Å². The Bertz CT molecular complexity index is 412. The molecule has 2 rings (SSSR count). The van der Waals surface area contributed by atoms with Crippen LogP contribution in [0, 0.1) is 5.82 Å². The molecule has 1 atom stereocenters. The van der Waals surface area contributed by atoms with Gasteiger partial charge >= 0.3 is 0 Å². The lowest BCUT2D eigenvalue weighted by atomic mass is 10.1. The molecule has 2 nitrogen and oxygen atoms in total. The number of piperazine rings is 1. The zero-order valence-electron chi connectivity index (χ0n) is 9.64. The van der Waals surface area contributed by atoms with Crippen LogP contribution in [0.2, 0.25) is 10.0 Å². The maximum absolute atomic E-state index is 13.2. The minimum atomic E-state index is -0.464. The summed E-state index contributed by atoms with van der Waals surface area (Å²) in [5, 5.41) is 3.72. The minimum Gasteiger partial charge on any atom is -0.312 e. The Balaban J connectivity index is 2.10. The molecule has 0 spiro atoms. The summed E-state index contributed by atoms with van der Waals surface area (Å²) in [6.45, 7) is 5.75. The normalized spacial score (nSPS) is 21.8. The topological polar surface area (TPSA) is 15.3 Å². The van der Waals surface area contributed by atoms with Crippen LogP contribution in [0.5, 0.6) is 0 Å². The van der Waals surface area contributed by atoms with Gasteiger partial charge in [0.05, 0.1) is 10.0 Å². The summed E-state index contributed by atoms with van der Waals surface area (Å²) in [7, 11) is 0. The molecule has 5 heteroatoms. The molecule has 1 fully saturated rings. The standard InChI is InChI=1S/C12H15Cl2FN2/c1-8-6-17(5-4-16-8)7-9-2-3-10(15)12(14)11(9)13/h2-3,8,16H,4-7H2,1H3. The Kier molecular flexibility index (Phi) is 4.26. The van der Waals surface area contributed by atoms with Crippen molar-refractivity contribution in [3.63, 3.8) is 0 Å². The van der Waals surface area contributed by atoms with Gasteiger partial charge in [-0.2, -0.15) is 0 Å². The van der Waals surface area contributed by atoms with Crippen LogP contribution in [0.25, 0.3) is 0 Å². The molecular formula is C12H15Cl2FN2. The first-order chi connectivity index (χ1) is 8.08. The molecule has 1 aromatic carbocycles. The molecule has 17 heavy (non-hydrogen) atoms. The van der Waals surface area contributed by atoms with Crippen LogP contribution in [0.3, 0.4) is 0 Å². The van der Waals surface area contributed by atoms with Gasteiger partial charge in [0.25, 0.3) is 0 Å². The molecule has 94 valence electrons. The van der Waals surface area contributed by atoms with Gasteiger partial charge in [-0.25, -0.2) is 4.39 Å². The summed E-state index contributed by atoms with van der Waals surface area (Å²) in [4.78, 5) is 2.29. The van der Waals surface area contributed by atoms with Gasteiger partial charge in [0.15, 0.2) is 0 Å². The molecule has 1 heterocycles. The first kappa shape index (κ1) is 13.1. The first-order valence-electron chi connectivity index (χ1n) is 5.66. The third kappa shape index (κ3) is 3.10. The van der Waals surface area contributed by atoms with E-state index >= 15 is 0 Å². The average Bonchev–Trinajstić information content (AvgIpc) is 2.30. The molecule has 0 saturated carbocycles. The van der Waals surface area contributed by atoms with Gasteiger partial charge < -0.3 is 5.32 Å². The Morgan fingerprint density at radius 3 is 2.88 bits per heavy atom. The van der Waals surface area contributed by atoms with Crippen molar-refractivity contribution in [1.82, 2.24) is 10.2 Å². The highest BCUT2D eigenvalue weighted by molar-refractivity contribution is 6.42. The van der Waals surface area contributed by atoms with Crippen LogP contribution in [-0.2, 0) is 6.54 Å². The lowest BCUT2D eigenvalue weighted by Gasteiger charge is -2.32. The van der Waals surface area contributed by atoms with Crippen molar-refractivity contribution in [2.45, 2.75) is 19.5 Å². The Morgan fingerprint density at radius 2 is 2.18 bits per heavy atom. The zero-order valence-corrected chi connectivity index (χ0v) is 11.2. The van der Waals surface area contributed by atoms with Crippen molar-refractivity contribution in [3.8, 4) is 0 Å². The quantitative estimate of drug-likeness (QED) is 0.836. The second kappa shape index (κ2) is 5.53. The Labute approximate surface area is 111 Å². The van der Waals surface area contributed by atoms with Crippen molar-refractivity contribution < 1.29 is 4.39 Å². The third-order valence-electron chi connectivity index (χ3n) is 2.96. The summed E-state index contributed by atoms with van der Waals surface area (Å²) in [6, 6.07) is 3.55. The van der Waals surface area contributed by atoms with E-state index in [-0.39, 0.29) is 5.02 Å². The zero-order chi connectivity index (χ0) is 12.4. The molecule has 1 aliphatic heterocycles. The van der Waals surface area contributed by atoms with Crippen LogP contribution in [0.1, 0.15) is 12.5 Å². The lowest BCUT2D eigenvalue weighted by molar-refractivity contribution is 0.199. The molecule has 0 amide bonds. The lowest BCUT2D eigenvalue weighted by Crippen LogP contribution is -2.48. The van der Waals surface area contributed by atoms with E-state index in [4.69, 9.17) is 23.2 Å². The monoisotopic (exact) mass is 276 g/mol. The number of benzene rings is 1. The van der Waals surface area contributed by atoms with Crippen LogP contribution in [-0.4, -0.2) is 30.6 Å². The van der Waals surface area contributed by atoms with Gasteiger partial charge in [-0.15, -0.1) is 0 Å². The highest BCUT2D eigenvalue weighted by Crippen LogP contribution is 2.29. The van der Waals surface area contributed by atoms with E-state index in [1.165, 1.54) is 6.07 Å². The predicted octanol–water partition coefficient (Wildman–Crippen LogP) is 2.93. The highest BCUT2D eigenvalue weighted by Gasteiger charge is 2.18. The van der Waals surface area contributed by atoms with Gasteiger partial charge in [-0.3, -0.25) is 4.90 Å². The van der Waals surface area contributed by atoms with Crippen LogP contribution >= 0.6 is 23.2 Å². The summed E-state index contributed by atoms with van der Waals surface area (Å²) in [5.41, 5.74) is 0.882. The van der Waals surface area contributed by atoms with Crippen LogP contribution in [0.4, 0.5) is 4.39 Å². The maximum atomic E-state index is 13.2. The highest BCUT2D eigenvalue weighted by atomic mass is 35.5. The van der Waals surface area contributed by atoms with Crippen molar-refractivity contribution in [2.24, 2.45) is 0 Å². The number of rotatable bonds is 2. The van der Waals surface area contributed by atoms with Gasteiger partial charge in [-0.1, -0.05) is 29.3 Å². The molecular weight excluding hydrogens is 262 g/mol. The third-order valence-corrected chi connectivity index (χ3v) is 3.86. The molecule has 1 aromatic rings. The largest absolute Gasteiger partial charge is 0.312 e. The number of nitrogens with zero attached hydrogens (tertiary/aromatic N) is 1. The van der Waals surface area contributed by atoms with Gasteiger partial charge in [0.1, 0.15) is 5.82 Å². The van der Waals surface area contributed by atoms with E-state index in [9.17, 15) is 4.39 Å². The van der Waals surface area contributed by atoms with E-state index in [2.05, 4.69) is 17.1 Å². The SMILES string of the molecule is CC1CN(Cc2ccc(F)c(Cl)c2Cl)CCN1. The Hall–Kier alpha value is -0.350. The molecule has 0 bridgehead atoms. The fourth-order valence-corrected chi connectivity index (χ4v) is 2.48. The van der Waals surface area contributed by atoms with Crippen molar-refractivity contribution in [1.29, 1.82) is 0 Å². The van der Waals surface area contributed by atoms with Gasteiger partial charge in [0, 0.05) is 32.2 Å². The summed E-state index contributed by atoms with van der Waals surface area (Å²) in [5.74, 6) is -0.464. The van der Waals surface area contributed by atoms with E-state index in [0.717, 1.165) is 25.2 Å². The number of hydrogen-bond donors (Lipinski definition) is 1. The fraction of sp³-hybridized carbons (Fsp3) is 0.500. The number of halogens is 3. The fourth-order valence-electron chi connectivity index (χ4n) is 2.08. The van der Waals surface area contributed by atoms with E-state index in [1.54, 1.807) is 6.07 Å². The smallest absolute Gasteiger partial charge is 0.143 e. The summed E-state index contributed by atoms with van der Waals surface area (Å²) < 4.78 is 13.2. The number of hydrogen-bond acceptors (Lipinski definition) is 2.